The Morgan fingerprint density at radius 1 is 1.09 bits per heavy atom. The number of fused-ring (bicyclic) bond motifs is 2. The van der Waals surface area contributed by atoms with Crippen molar-refractivity contribution in [3.63, 3.8) is 0 Å². The molecule has 1 amide bonds. The molecule has 1 aromatic carbocycles. The van der Waals surface area contributed by atoms with E-state index in [0.717, 1.165) is 69.0 Å². The van der Waals surface area contributed by atoms with Gasteiger partial charge in [0.1, 0.15) is 5.00 Å². The number of hydrogen-bond acceptors (Lipinski definition) is 8. The van der Waals surface area contributed by atoms with Crippen LogP contribution in [0, 0.1) is 0 Å². The highest BCUT2D eigenvalue weighted by atomic mass is 32.1. The smallest absolute Gasteiger partial charge is 0.341 e. The van der Waals surface area contributed by atoms with Gasteiger partial charge in [0.25, 0.3) is 0 Å². The zero-order valence-electron chi connectivity index (χ0n) is 18.1. The van der Waals surface area contributed by atoms with Crippen LogP contribution in [-0.4, -0.2) is 68.3 Å². The molecule has 5 rings (SSSR count). The van der Waals surface area contributed by atoms with Crippen LogP contribution in [0.4, 0.5) is 5.00 Å². The van der Waals surface area contributed by atoms with Crippen molar-refractivity contribution in [2.24, 2.45) is 0 Å². The van der Waals surface area contributed by atoms with Crippen molar-refractivity contribution in [2.45, 2.75) is 25.8 Å². The maximum Gasteiger partial charge on any atom is 0.341 e. The second-order valence-electron chi connectivity index (χ2n) is 8.34. The highest BCUT2D eigenvalue weighted by molar-refractivity contribution is 7.17. The molecule has 0 radical (unpaired) electrons. The number of nitrogens with zero attached hydrogens (tertiary/aromatic N) is 2. The Kier molecular flexibility index (Phi) is 6.03. The van der Waals surface area contributed by atoms with Gasteiger partial charge in [-0.2, -0.15) is 0 Å². The van der Waals surface area contributed by atoms with E-state index in [1.54, 1.807) is 0 Å². The summed E-state index contributed by atoms with van der Waals surface area (Å²) in [7, 11) is 1.38. The van der Waals surface area contributed by atoms with Crippen molar-refractivity contribution in [3.8, 4) is 11.5 Å². The molecule has 0 saturated carbocycles. The van der Waals surface area contributed by atoms with Crippen LogP contribution in [0.25, 0.3) is 0 Å². The Morgan fingerprint density at radius 2 is 1.88 bits per heavy atom. The molecule has 32 heavy (non-hydrogen) atoms. The summed E-state index contributed by atoms with van der Waals surface area (Å²) in [6, 6.07) is 6.07. The van der Waals surface area contributed by atoms with Crippen LogP contribution in [0.5, 0.6) is 11.5 Å². The van der Waals surface area contributed by atoms with Gasteiger partial charge in [-0.25, -0.2) is 4.79 Å². The van der Waals surface area contributed by atoms with Crippen LogP contribution in [0.3, 0.4) is 0 Å². The van der Waals surface area contributed by atoms with Gasteiger partial charge in [-0.05, 0) is 42.5 Å². The molecule has 1 N–H and O–H groups in total. The molecule has 170 valence electrons. The normalized spacial score (nSPS) is 17.9. The lowest BCUT2D eigenvalue weighted by molar-refractivity contribution is -0.117. The molecule has 2 aromatic rings. The number of benzene rings is 1. The van der Waals surface area contributed by atoms with Gasteiger partial charge in [-0.15, -0.1) is 11.3 Å². The fraction of sp³-hybridized carbons (Fsp3) is 0.478. The minimum Gasteiger partial charge on any atom is -0.465 e. The van der Waals surface area contributed by atoms with Crippen LogP contribution in [-0.2, 0) is 28.9 Å². The van der Waals surface area contributed by atoms with Crippen molar-refractivity contribution in [1.82, 2.24) is 9.80 Å². The highest BCUT2D eigenvalue weighted by Crippen LogP contribution is 2.39. The summed E-state index contributed by atoms with van der Waals surface area (Å²) >= 11 is 1.51. The standard InChI is InChI=1S/C23H27N3O5S/c1-29-23(28)21-16-3-2-4-19(16)32-22(21)24-20(27)13-26-9-7-25(8-10-26)12-15-5-6-17-18(11-15)31-14-30-17/h5-6,11H,2-4,7-10,12-14H2,1H3,(H,24,27). The molecule has 1 fully saturated rings. The molecule has 3 heterocycles. The van der Waals surface area contributed by atoms with Crippen molar-refractivity contribution in [3.05, 3.63) is 39.8 Å². The monoisotopic (exact) mass is 457 g/mol. The summed E-state index contributed by atoms with van der Waals surface area (Å²) in [6.45, 7) is 4.88. The van der Waals surface area contributed by atoms with E-state index < -0.39 is 0 Å². The highest BCUT2D eigenvalue weighted by Gasteiger charge is 2.28. The van der Waals surface area contributed by atoms with E-state index in [1.807, 2.05) is 12.1 Å². The maximum atomic E-state index is 12.7. The first-order valence-electron chi connectivity index (χ1n) is 11.0. The molecule has 8 nitrogen and oxygen atoms in total. The minimum atomic E-state index is -0.364. The van der Waals surface area contributed by atoms with Crippen LogP contribution in [0.1, 0.15) is 32.8 Å². The maximum absolute atomic E-state index is 12.7. The molecule has 2 aliphatic heterocycles. The molecule has 1 saturated heterocycles. The topological polar surface area (TPSA) is 80.3 Å². The third-order valence-corrected chi connectivity index (χ3v) is 7.45. The second-order valence-corrected chi connectivity index (χ2v) is 9.45. The SMILES string of the molecule is COC(=O)c1c(NC(=O)CN2CCN(Cc3ccc4c(c3)OCO4)CC2)sc2c1CCC2. The largest absolute Gasteiger partial charge is 0.465 e. The predicted octanol–water partition coefficient (Wildman–Crippen LogP) is 2.51. The summed E-state index contributed by atoms with van der Waals surface area (Å²) in [5, 5.41) is 3.61. The van der Waals surface area contributed by atoms with E-state index in [-0.39, 0.29) is 18.7 Å². The van der Waals surface area contributed by atoms with Gasteiger partial charge in [-0.1, -0.05) is 6.07 Å². The van der Waals surface area contributed by atoms with Gasteiger partial charge in [-0.3, -0.25) is 14.6 Å². The lowest BCUT2D eigenvalue weighted by atomic mass is 10.1. The first-order valence-corrected chi connectivity index (χ1v) is 11.8. The number of anilines is 1. The van der Waals surface area contributed by atoms with Gasteiger partial charge in [0.15, 0.2) is 11.5 Å². The van der Waals surface area contributed by atoms with Crippen LogP contribution >= 0.6 is 11.3 Å². The van der Waals surface area contributed by atoms with Gasteiger partial charge in [0.2, 0.25) is 12.7 Å². The molecule has 3 aliphatic rings. The van der Waals surface area contributed by atoms with Crippen LogP contribution in [0.2, 0.25) is 0 Å². The second kappa shape index (κ2) is 9.09. The number of carbonyl (C=O) groups is 2. The quantitative estimate of drug-likeness (QED) is 0.668. The third kappa shape index (κ3) is 4.32. The first-order chi connectivity index (χ1) is 15.6. The van der Waals surface area contributed by atoms with E-state index in [1.165, 1.54) is 28.9 Å². The summed E-state index contributed by atoms with van der Waals surface area (Å²) in [5.74, 6) is 1.16. The van der Waals surface area contributed by atoms with Gasteiger partial charge >= 0.3 is 5.97 Å². The lowest BCUT2D eigenvalue weighted by Gasteiger charge is -2.34. The molecular weight excluding hydrogens is 430 g/mol. The number of rotatable bonds is 6. The number of aryl methyl sites for hydroxylation is 1. The number of amides is 1. The number of ether oxygens (including phenoxy) is 3. The lowest BCUT2D eigenvalue weighted by Crippen LogP contribution is -2.48. The summed E-state index contributed by atoms with van der Waals surface area (Å²) < 4.78 is 15.8. The number of esters is 1. The Morgan fingerprint density at radius 3 is 2.69 bits per heavy atom. The fourth-order valence-electron chi connectivity index (χ4n) is 4.58. The van der Waals surface area contributed by atoms with E-state index in [4.69, 9.17) is 14.2 Å². The van der Waals surface area contributed by atoms with Crippen molar-refractivity contribution >= 4 is 28.2 Å². The Bertz CT molecular complexity index is 1030. The molecule has 1 aromatic heterocycles. The van der Waals surface area contributed by atoms with Gasteiger partial charge in [0.05, 0.1) is 19.2 Å². The molecule has 0 bridgehead atoms. The number of methoxy groups -OCH3 is 1. The summed E-state index contributed by atoms with van der Waals surface area (Å²) in [6.07, 6.45) is 2.89. The fourth-order valence-corrected chi connectivity index (χ4v) is 5.88. The molecule has 9 heteroatoms. The summed E-state index contributed by atoms with van der Waals surface area (Å²) in [5.41, 5.74) is 2.79. The third-order valence-electron chi connectivity index (χ3n) is 6.24. The van der Waals surface area contributed by atoms with Crippen molar-refractivity contribution < 1.29 is 23.8 Å². The average molecular weight is 458 g/mol. The van der Waals surface area contributed by atoms with Gasteiger partial charge in [0, 0.05) is 37.6 Å². The number of carbonyl (C=O) groups excluding carboxylic acids is 2. The van der Waals surface area contributed by atoms with E-state index in [0.29, 0.717) is 17.1 Å². The van der Waals surface area contributed by atoms with Crippen LogP contribution in [0.15, 0.2) is 18.2 Å². The number of nitrogens with one attached hydrogen (secondary N) is 1. The average Bonchev–Trinajstić information content (AvgIpc) is 3.50. The summed E-state index contributed by atoms with van der Waals surface area (Å²) in [4.78, 5) is 30.7. The first kappa shape index (κ1) is 21.2. The van der Waals surface area contributed by atoms with Gasteiger partial charge < -0.3 is 19.5 Å². The molecule has 0 atom stereocenters. The number of piperazine rings is 1. The number of thiophene rings is 1. The Labute approximate surface area is 191 Å². The zero-order valence-corrected chi connectivity index (χ0v) is 19.0. The van der Waals surface area contributed by atoms with E-state index >= 15 is 0 Å². The number of hydrogen-bond donors (Lipinski definition) is 1. The van der Waals surface area contributed by atoms with Crippen molar-refractivity contribution in [1.29, 1.82) is 0 Å². The zero-order chi connectivity index (χ0) is 22.1. The van der Waals surface area contributed by atoms with E-state index in [9.17, 15) is 9.59 Å². The molecule has 1 aliphatic carbocycles. The molecular formula is C23H27N3O5S. The van der Waals surface area contributed by atoms with Crippen LogP contribution < -0.4 is 14.8 Å². The Hall–Kier alpha value is -2.62. The van der Waals surface area contributed by atoms with Crippen molar-refractivity contribution in [2.75, 3.05) is 51.9 Å². The molecule has 0 spiro atoms. The molecule has 0 unspecified atom stereocenters. The minimum absolute atomic E-state index is 0.0840. The predicted molar refractivity (Wildman–Crippen MR) is 121 cm³/mol. The van der Waals surface area contributed by atoms with E-state index in [2.05, 4.69) is 21.2 Å². The Balaban J connectivity index is 1.13.